The Morgan fingerprint density at radius 2 is 1.92 bits per heavy atom. The molecule has 0 aliphatic carbocycles. The van der Waals surface area contributed by atoms with Gasteiger partial charge in [0.05, 0.1) is 5.52 Å². The van der Waals surface area contributed by atoms with Crippen molar-refractivity contribution in [3.8, 4) is 11.5 Å². The van der Waals surface area contributed by atoms with Gasteiger partial charge in [-0.25, -0.2) is 0 Å². The number of pyridine rings is 1. The van der Waals surface area contributed by atoms with E-state index in [0.29, 0.717) is 24.0 Å². The monoisotopic (exact) mass is 353 g/mol. The molecule has 0 saturated carbocycles. The van der Waals surface area contributed by atoms with Crippen molar-refractivity contribution in [3.05, 3.63) is 75.5 Å². The molecule has 0 radical (unpaired) electrons. The fourth-order valence-corrected chi connectivity index (χ4v) is 3.20. The van der Waals surface area contributed by atoms with Crippen molar-refractivity contribution in [1.82, 2.24) is 4.57 Å². The fraction of sp³-hybridized carbons (Fsp3) is 0.150. The van der Waals surface area contributed by atoms with Gasteiger partial charge >= 0.3 is 0 Å². The van der Waals surface area contributed by atoms with Gasteiger partial charge in [0.25, 0.3) is 5.56 Å². The third kappa shape index (κ3) is 2.79. The van der Waals surface area contributed by atoms with E-state index in [-0.39, 0.29) is 5.56 Å². The lowest BCUT2D eigenvalue weighted by Crippen LogP contribution is -2.24. The molecule has 0 saturated heterocycles. The maximum Gasteiger partial charge on any atom is 0.293 e. The van der Waals surface area contributed by atoms with Crippen molar-refractivity contribution in [3.63, 3.8) is 0 Å². The van der Waals surface area contributed by atoms with Crippen molar-refractivity contribution in [1.29, 1.82) is 0 Å². The molecule has 1 aromatic heterocycles. The number of benzene rings is 2. The Balaban J connectivity index is 1.77. The Morgan fingerprint density at radius 3 is 2.72 bits per heavy atom. The second-order valence-electron chi connectivity index (χ2n) is 5.87. The summed E-state index contributed by atoms with van der Waals surface area (Å²) in [4.78, 5) is 12.6. The van der Waals surface area contributed by atoms with Crippen LogP contribution in [0.2, 0.25) is 5.02 Å². The predicted octanol–water partition coefficient (Wildman–Crippen LogP) is 4.05. The van der Waals surface area contributed by atoms with Crippen LogP contribution >= 0.6 is 11.6 Å². The van der Waals surface area contributed by atoms with Gasteiger partial charge in [-0.05, 0) is 36.4 Å². The second-order valence-corrected chi connectivity index (χ2v) is 6.30. The van der Waals surface area contributed by atoms with E-state index in [4.69, 9.17) is 21.1 Å². The number of fused-ring (bicyclic) bond motifs is 3. The van der Waals surface area contributed by atoms with Crippen molar-refractivity contribution < 1.29 is 9.47 Å². The van der Waals surface area contributed by atoms with Crippen LogP contribution in [0.5, 0.6) is 11.5 Å². The highest BCUT2D eigenvalue weighted by molar-refractivity contribution is 6.30. The van der Waals surface area contributed by atoms with E-state index >= 15 is 0 Å². The van der Waals surface area contributed by atoms with Crippen LogP contribution in [0.1, 0.15) is 5.56 Å². The molecule has 0 amide bonds. The summed E-state index contributed by atoms with van der Waals surface area (Å²) < 4.78 is 13.2. The van der Waals surface area contributed by atoms with Crippen LogP contribution in [0.25, 0.3) is 16.5 Å². The molecule has 0 bridgehead atoms. The summed E-state index contributed by atoms with van der Waals surface area (Å²) >= 11 is 5.90. The smallest absolute Gasteiger partial charge is 0.293 e. The first-order valence-corrected chi connectivity index (χ1v) is 8.35. The third-order valence-electron chi connectivity index (χ3n) is 4.35. The third-order valence-corrected chi connectivity index (χ3v) is 4.60. The van der Waals surface area contributed by atoms with Gasteiger partial charge in [-0.1, -0.05) is 29.8 Å². The van der Waals surface area contributed by atoms with Crippen LogP contribution in [0.4, 0.5) is 0 Å². The van der Waals surface area contributed by atoms with Gasteiger partial charge in [0.2, 0.25) is 0 Å². The summed E-state index contributed by atoms with van der Waals surface area (Å²) in [6.45, 7) is 0.717. The van der Waals surface area contributed by atoms with Gasteiger partial charge < -0.3 is 14.0 Å². The lowest BCUT2D eigenvalue weighted by Gasteiger charge is -2.22. The molecule has 0 fully saturated rings. The van der Waals surface area contributed by atoms with Crippen molar-refractivity contribution >= 4 is 28.1 Å². The van der Waals surface area contributed by atoms with Gasteiger partial charge in [-0.15, -0.1) is 0 Å². The first-order chi connectivity index (χ1) is 12.1. The molecule has 25 heavy (non-hydrogen) atoms. The lowest BCUT2D eigenvalue weighted by molar-refractivity contribution is 0.338. The first-order valence-electron chi connectivity index (χ1n) is 7.97. The molecule has 2 aromatic carbocycles. The number of nitrogens with zero attached hydrogens (tertiary/aromatic N) is 1. The summed E-state index contributed by atoms with van der Waals surface area (Å²) in [6, 6.07) is 15.0. The van der Waals surface area contributed by atoms with Crippen LogP contribution in [-0.4, -0.2) is 17.8 Å². The van der Waals surface area contributed by atoms with Crippen LogP contribution < -0.4 is 15.0 Å². The maximum atomic E-state index is 12.6. The van der Waals surface area contributed by atoms with Crippen LogP contribution in [-0.2, 0) is 7.05 Å². The number of aryl methyl sites for hydroxylation is 1. The predicted molar refractivity (Wildman–Crippen MR) is 99.6 cm³/mol. The zero-order chi connectivity index (χ0) is 17.4. The Labute approximate surface area is 149 Å². The molecule has 5 heteroatoms. The molecule has 1 aliphatic heterocycles. The Morgan fingerprint density at radius 1 is 1.16 bits per heavy atom. The first kappa shape index (κ1) is 15.8. The van der Waals surface area contributed by atoms with Gasteiger partial charge in [-0.3, -0.25) is 4.79 Å². The summed E-state index contributed by atoms with van der Waals surface area (Å²) in [7, 11) is 1.76. The van der Waals surface area contributed by atoms with E-state index in [1.165, 1.54) is 0 Å². The van der Waals surface area contributed by atoms with Crippen molar-refractivity contribution in [2.24, 2.45) is 7.05 Å². The van der Waals surface area contributed by atoms with Gasteiger partial charge in [0, 0.05) is 28.6 Å². The average Bonchev–Trinajstić information content (AvgIpc) is 2.65. The fourth-order valence-electron chi connectivity index (χ4n) is 3.07. The van der Waals surface area contributed by atoms with Crippen LogP contribution in [0, 0.1) is 0 Å². The largest absolute Gasteiger partial charge is 0.489 e. The molecule has 0 atom stereocenters. The summed E-state index contributed by atoms with van der Waals surface area (Å²) in [5.41, 5.74) is 2.50. The Kier molecular flexibility index (Phi) is 3.98. The molecular formula is C20H16ClNO3. The van der Waals surface area contributed by atoms with Crippen LogP contribution in [0.3, 0.4) is 0 Å². The van der Waals surface area contributed by atoms with Gasteiger partial charge in [0.15, 0.2) is 5.75 Å². The minimum atomic E-state index is -0.134. The molecule has 4 rings (SSSR count). The highest BCUT2D eigenvalue weighted by Crippen LogP contribution is 2.33. The zero-order valence-electron chi connectivity index (χ0n) is 13.7. The molecule has 0 unspecified atom stereocenters. The van der Waals surface area contributed by atoms with Crippen molar-refractivity contribution in [2.75, 3.05) is 13.2 Å². The van der Waals surface area contributed by atoms with E-state index in [9.17, 15) is 4.79 Å². The molecule has 2 heterocycles. The number of para-hydroxylation sites is 1. The topological polar surface area (TPSA) is 40.5 Å². The molecular weight excluding hydrogens is 338 g/mol. The minimum Gasteiger partial charge on any atom is -0.489 e. The van der Waals surface area contributed by atoms with Crippen molar-refractivity contribution in [2.45, 2.75) is 0 Å². The maximum absolute atomic E-state index is 12.6. The summed E-state index contributed by atoms with van der Waals surface area (Å²) in [6.07, 6.45) is 1.96. The van der Waals surface area contributed by atoms with Gasteiger partial charge in [-0.2, -0.15) is 0 Å². The van der Waals surface area contributed by atoms with E-state index in [1.54, 1.807) is 23.7 Å². The quantitative estimate of drug-likeness (QED) is 0.713. The number of rotatable bonds is 3. The molecule has 4 nitrogen and oxygen atoms in total. The second kappa shape index (κ2) is 6.30. The highest BCUT2D eigenvalue weighted by Gasteiger charge is 2.22. The molecule has 126 valence electrons. The van der Waals surface area contributed by atoms with E-state index in [2.05, 4.69) is 0 Å². The summed E-state index contributed by atoms with van der Waals surface area (Å²) in [5, 5.41) is 1.64. The normalized spacial score (nSPS) is 13.1. The minimum absolute atomic E-state index is 0.134. The number of halogens is 1. The summed E-state index contributed by atoms with van der Waals surface area (Å²) in [5.74, 6) is 1.12. The highest BCUT2D eigenvalue weighted by atomic mass is 35.5. The molecule has 3 aromatic rings. The molecule has 0 N–H and O–H groups in total. The van der Waals surface area contributed by atoms with E-state index in [0.717, 1.165) is 27.8 Å². The Bertz CT molecular complexity index is 1040. The van der Waals surface area contributed by atoms with E-state index in [1.807, 2.05) is 42.5 Å². The SMILES string of the molecule is Cn1c(=O)c2c(c3ccccc31)C(COc1ccc(Cl)cc1)=CCO2. The number of ether oxygens (including phenoxy) is 2. The number of aromatic nitrogens is 1. The number of hydrogen-bond donors (Lipinski definition) is 0. The Hall–Kier alpha value is -2.72. The number of hydrogen-bond acceptors (Lipinski definition) is 3. The van der Waals surface area contributed by atoms with Crippen LogP contribution in [0.15, 0.2) is 59.4 Å². The van der Waals surface area contributed by atoms with Gasteiger partial charge in [0.1, 0.15) is 19.0 Å². The zero-order valence-corrected chi connectivity index (χ0v) is 14.4. The standard InChI is InChI=1S/C20H16ClNO3/c1-22-17-5-3-2-4-16(17)18-13(10-11-24-19(18)20(22)23)12-25-15-8-6-14(21)7-9-15/h2-10H,11-12H2,1H3. The van der Waals surface area contributed by atoms with E-state index < -0.39 is 0 Å². The molecule has 0 spiro atoms. The lowest BCUT2D eigenvalue weighted by atomic mass is 9.98. The molecule has 1 aliphatic rings. The average molecular weight is 354 g/mol.